The van der Waals surface area contributed by atoms with E-state index in [4.69, 9.17) is 0 Å². The zero-order valence-corrected chi connectivity index (χ0v) is 13.0. The first-order valence-corrected chi connectivity index (χ1v) is 8.53. The molecule has 0 aromatic heterocycles. The standard InChI is InChI=1S/C17H16O4S/c1-11(19)14-6-7-16-15(9-14)5-4-13-3-2-12(10-18)8-17(13)22(16,20)21/h2-3,6-9,18H,4-5,10H2,1H3. The number of aliphatic hydroxyl groups is 1. The van der Waals surface area contributed by atoms with Crippen LogP contribution < -0.4 is 0 Å². The fourth-order valence-corrected chi connectivity index (χ4v) is 4.61. The quantitative estimate of drug-likeness (QED) is 0.863. The molecule has 0 saturated heterocycles. The first-order valence-electron chi connectivity index (χ1n) is 7.05. The van der Waals surface area contributed by atoms with Gasteiger partial charge in [0.15, 0.2) is 5.78 Å². The number of fused-ring (bicyclic) bond motifs is 2. The Morgan fingerprint density at radius 2 is 1.77 bits per heavy atom. The van der Waals surface area contributed by atoms with Gasteiger partial charge in [0.1, 0.15) is 0 Å². The highest BCUT2D eigenvalue weighted by Crippen LogP contribution is 2.33. The molecule has 4 nitrogen and oxygen atoms in total. The van der Waals surface area contributed by atoms with Gasteiger partial charge in [0.2, 0.25) is 9.84 Å². The van der Waals surface area contributed by atoms with E-state index >= 15 is 0 Å². The van der Waals surface area contributed by atoms with Crippen molar-refractivity contribution in [3.8, 4) is 0 Å². The van der Waals surface area contributed by atoms with E-state index < -0.39 is 9.84 Å². The third-order valence-electron chi connectivity index (χ3n) is 4.02. The van der Waals surface area contributed by atoms with Crippen LogP contribution >= 0.6 is 0 Å². The van der Waals surface area contributed by atoms with E-state index in [0.29, 0.717) is 29.5 Å². The zero-order chi connectivity index (χ0) is 15.9. The lowest BCUT2D eigenvalue weighted by Crippen LogP contribution is -2.06. The van der Waals surface area contributed by atoms with Crippen LogP contribution in [0.15, 0.2) is 46.2 Å². The summed E-state index contributed by atoms with van der Waals surface area (Å²) < 4.78 is 25.8. The minimum absolute atomic E-state index is 0.0791. The Bertz CT molecular complexity index is 866. The lowest BCUT2D eigenvalue weighted by atomic mass is 10.0. The Morgan fingerprint density at radius 1 is 1.05 bits per heavy atom. The molecule has 22 heavy (non-hydrogen) atoms. The van der Waals surface area contributed by atoms with Crippen molar-refractivity contribution in [1.82, 2.24) is 0 Å². The molecule has 0 unspecified atom stereocenters. The smallest absolute Gasteiger partial charge is 0.207 e. The Labute approximate surface area is 129 Å². The number of Topliss-reactive ketones (excluding diaryl/α,β-unsaturated/α-hetero) is 1. The summed E-state index contributed by atoms with van der Waals surface area (Å²) in [6.07, 6.45) is 1.16. The zero-order valence-electron chi connectivity index (χ0n) is 12.2. The molecule has 0 atom stereocenters. The SMILES string of the molecule is CC(=O)c1ccc2c(c1)CCc1ccc(CO)cc1S2(=O)=O. The summed E-state index contributed by atoms with van der Waals surface area (Å²) in [6, 6.07) is 9.79. The highest BCUT2D eigenvalue weighted by atomic mass is 32.2. The average molecular weight is 316 g/mol. The molecule has 1 aliphatic rings. The fourth-order valence-electron chi connectivity index (χ4n) is 2.80. The van der Waals surface area contributed by atoms with Gasteiger partial charge in [-0.1, -0.05) is 18.2 Å². The van der Waals surface area contributed by atoms with Crippen molar-refractivity contribution < 1.29 is 18.3 Å². The minimum Gasteiger partial charge on any atom is -0.392 e. The van der Waals surface area contributed by atoms with Gasteiger partial charge < -0.3 is 5.11 Å². The molecule has 0 aliphatic carbocycles. The minimum atomic E-state index is -3.64. The number of benzene rings is 2. The molecule has 5 heteroatoms. The van der Waals surface area contributed by atoms with Crippen LogP contribution in [0.5, 0.6) is 0 Å². The monoisotopic (exact) mass is 316 g/mol. The van der Waals surface area contributed by atoms with Crippen molar-refractivity contribution in [3.05, 3.63) is 58.7 Å². The molecule has 1 heterocycles. The van der Waals surface area contributed by atoms with Crippen molar-refractivity contribution in [3.63, 3.8) is 0 Å². The van der Waals surface area contributed by atoms with Gasteiger partial charge in [-0.3, -0.25) is 4.79 Å². The lowest BCUT2D eigenvalue weighted by Gasteiger charge is -2.10. The first kappa shape index (κ1) is 14.9. The number of hydrogen-bond acceptors (Lipinski definition) is 4. The molecule has 0 amide bonds. The van der Waals surface area contributed by atoms with Gasteiger partial charge in [-0.05, 0) is 54.7 Å². The summed E-state index contributed by atoms with van der Waals surface area (Å²) >= 11 is 0. The van der Waals surface area contributed by atoms with Crippen molar-refractivity contribution in [2.75, 3.05) is 0 Å². The largest absolute Gasteiger partial charge is 0.392 e. The van der Waals surface area contributed by atoms with E-state index in [-0.39, 0.29) is 22.2 Å². The number of carbonyl (C=O) groups is 1. The second-order valence-corrected chi connectivity index (χ2v) is 7.37. The van der Waals surface area contributed by atoms with Crippen molar-refractivity contribution in [1.29, 1.82) is 0 Å². The summed E-state index contributed by atoms with van der Waals surface area (Å²) in [7, 11) is -3.64. The van der Waals surface area contributed by atoms with Crippen molar-refractivity contribution >= 4 is 15.6 Å². The number of sulfone groups is 1. The van der Waals surface area contributed by atoms with Gasteiger partial charge in [0, 0.05) is 5.56 Å². The molecular formula is C17H16O4S. The van der Waals surface area contributed by atoms with Crippen LogP contribution in [0.25, 0.3) is 0 Å². The molecule has 0 spiro atoms. The summed E-state index contributed by atoms with van der Waals surface area (Å²) in [5, 5.41) is 9.24. The van der Waals surface area contributed by atoms with Gasteiger partial charge in [-0.25, -0.2) is 8.42 Å². The maximum atomic E-state index is 12.9. The molecule has 0 bridgehead atoms. The number of ketones is 1. The molecule has 2 aromatic carbocycles. The van der Waals surface area contributed by atoms with Crippen molar-refractivity contribution in [2.24, 2.45) is 0 Å². The Morgan fingerprint density at radius 3 is 2.45 bits per heavy atom. The number of aryl methyl sites for hydroxylation is 2. The van der Waals surface area contributed by atoms with Crippen LogP contribution in [0.1, 0.15) is 34.0 Å². The van der Waals surface area contributed by atoms with Gasteiger partial charge in [0.25, 0.3) is 0 Å². The second kappa shape index (κ2) is 5.34. The molecule has 1 aliphatic heterocycles. The van der Waals surface area contributed by atoms with Crippen LogP contribution in [0.2, 0.25) is 0 Å². The molecule has 0 saturated carbocycles. The van der Waals surface area contributed by atoms with Gasteiger partial charge in [-0.2, -0.15) is 0 Å². The third kappa shape index (κ3) is 2.36. The number of carbonyl (C=O) groups excluding carboxylic acids is 1. The van der Waals surface area contributed by atoms with Crippen molar-refractivity contribution in [2.45, 2.75) is 36.2 Å². The predicted octanol–water partition coefficient (Wildman–Crippen LogP) is 2.31. The molecule has 0 fully saturated rings. The molecule has 3 rings (SSSR count). The highest BCUT2D eigenvalue weighted by Gasteiger charge is 2.28. The normalized spacial score (nSPS) is 15.5. The van der Waals surface area contributed by atoms with E-state index in [9.17, 15) is 18.3 Å². The van der Waals surface area contributed by atoms with Gasteiger partial charge in [0.05, 0.1) is 16.4 Å². The van der Waals surface area contributed by atoms with Crippen LogP contribution in [-0.2, 0) is 29.3 Å². The number of hydrogen-bond donors (Lipinski definition) is 1. The molecule has 114 valence electrons. The van der Waals surface area contributed by atoms with Crippen LogP contribution in [-0.4, -0.2) is 19.3 Å². The first-order chi connectivity index (χ1) is 10.4. The third-order valence-corrected chi connectivity index (χ3v) is 5.96. The van der Waals surface area contributed by atoms with E-state index in [0.717, 1.165) is 5.56 Å². The molecular weight excluding hydrogens is 300 g/mol. The van der Waals surface area contributed by atoms with E-state index in [1.54, 1.807) is 30.3 Å². The summed E-state index contributed by atoms with van der Waals surface area (Å²) in [4.78, 5) is 12.0. The van der Waals surface area contributed by atoms with E-state index in [2.05, 4.69) is 0 Å². The van der Waals surface area contributed by atoms with Crippen LogP contribution in [0, 0.1) is 0 Å². The van der Waals surface area contributed by atoms with E-state index in [1.807, 2.05) is 0 Å². The van der Waals surface area contributed by atoms with Crippen LogP contribution in [0.3, 0.4) is 0 Å². The second-order valence-electron chi connectivity index (χ2n) is 5.48. The van der Waals surface area contributed by atoms with E-state index in [1.165, 1.54) is 13.0 Å². The number of rotatable bonds is 2. The maximum absolute atomic E-state index is 12.9. The Hall–Kier alpha value is -1.98. The van der Waals surface area contributed by atoms with Gasteiger partial charge >= 0.3 is 0 Å². The van der Waals surface area contributed by atoms with Gasteiger partial charge in [-0.15, -0.1) is 0 Å². The number of aliphatic hydroxyl groups excluding tert-OH is 1. The molecule has 1 N–H and O–H groups in total. The summed E-state index contributed by atoms with van der Waals surface area (Å²) in [6.45, 7) is 1.27. The van der Waals surface area contributed by atoms with Crippen LogP contribution in [0.4, 0.5) is 0 Å². The molecule has 0 radical (unpaired) electrons. The average Bonchev–Trinajstić information content (AvgIpc) is 2.62. The molecule has 2 aromatic rings. The topological polar surface area (TPSA) is 71.4 Å². The summed E-state index contributed by atoms with van der Waals surface area (Å²) in [5.74, 6) is -0.0791. The maximum Gasteiger partial charge on any atom is 0.207 e. The lowest BCUT2D eigenvalue weighted by molar-refractivity contribution is 0.101. The fraction of sp³-hybridized carbons (Fsp3) is 0.235. The predicted molar refractivity (Wildman–Crippen MR) is 81.7 cm³/mol. The Balaban J connectivity index is 2.24. The summed E-state index contributed by atoms with van der Waals surface area (Å²) in [5.41, 5.74) is 2.52. The highest BCUT2D eigenvalue weighted by molar-refractivity contribution is 7.91. The Kier molecular flexibility index (Phi) is 3.62.